The fourth-order valence-electron chi connectivity index (χ4n) is 4.10. The second kappa shape index (κ2) is 9.82. The van der Waals surface area contributed by atoms with Crippen LogP contribution in [-0.2, 0) is 0 Å². The normalized spacial score (nSPS) is 17.6. The van der Waals surface area contributed by atoms with Gasteiger partial charge in [0.05, 0.1) is 13.1 Å². The van der Waals surface area contributed by atoms with Gasteiger partial charge in [0.25, 0.3) is 0 Å². The van der Waals surface area contributed by atoms with Gasteiger partial charge in [-0.2, -0.15) is 5.23 Å². The molecule has 0 aliphatic carbocycles. The summed E-state index contributed by atoms with van der Waals surface area (Å²) in [6.45, 7) is 14.4. The van der Waals surface area contributed by atoms with E-state index in [0.717, 1.165) is 36.2 Å². The molecule has 0 saturated carbocycles. The number of hydrogen-bond donors (Lipinski definition) is 1. The molecule has 1 unspecified atom stereocenters. The predicted octanol–water partition coefficient (Wildman–Crippen LogP) is 5.94. The zero-order chi connectivity index (χ0) is 23.4. The highest BCUT2D eigenvalue weighted by Gasteiger charge is 2.35. The highest BCUT2D eigenvalue weighted by molar-refractivity contribution is 5.60. The molecular formula is C27H41N2O3+. The zero-order valence-corrected chi connectivity index (χ0v) is 20.7. The highest BCUT2D eigenvalue weighted by Crippen LogP contribution is 2.40. The molecule has 0 aromatic heterocycles. The Morgan fingerprint density at radius 1 is 0.781 bits per heavy atom. The van der Waals surface area contributed by atoms with Gasteiger partial charge in [-0.3, -0.25) is 4.48 Å². The van der Waals surface area contributed by atoms with Crippen molar-refractivity contribution in [3.63, 3.8) is 0 Å². The van der Waals surface area contributed by atoms with Gasteiger partial charge in [0, 0.05) is 30.7 Å². The SMILES string of the molecule is CCC(C)(C)Oc1ccc([N+]2(c3ccc(O[NH+]([O-])C(C)(C)CC)cc3)CCCCC2)cc1. The van der Waals surface area contributed by atoms with Gasteiger partial charge >= 0.3 is 0 Å². The number of nitrogens with zero attached hydrogens (tertiary/aromatic N) is 1. The van der Waals surface area contributed by atoms with Crippen LogP contribution in [-0.4, -0.2) is 24.2 Å². The Balaban J connectivity index is 1.85. The molecule has 1 N–H and O–H groups in total. The Bertz CT molecular complexity index is 853. The lowest BCUT2D eigenvalue weighted by atomic mass is 10.0. The van der Waals surface area contributed by atoms with E-state index in [4.69, 9.17) is 9.57 Å². The lowest BCUT2D eigenvalue weighted by molar-refractivity contribution is -1.06. The minimum atomic E-state index is -0.477. The second-order valence-corrected chi connectivity index (χ2v) is 10.3. The van der Waals surface area contributed by atoms with Crippen molar-refractivity contribution in [1.29, 1.82) is 0 Å². The Morgan fingerprint density at radius 2 is 1.28 bits per heavy atom. The first-order valence-corrected chi connectivity index (χ1v) is 12.1. The summed E-state index contributed by atoms with van der Waals surface area (Å²) in [5.74, 6) is 1.53. The number of rotatable bonds is 9. The molecular weight excluding hydrogens is 400 g/mol. The quantitative estimate of drug-likeness (QED) is 0.387. The van der Waals surface area contributed by atoms with E-state index >= 15 is 0 Å². The first-order chi connectivity index (χ1) is 15.1. The van der Waals surface area contributed by atoms with Gasteiger partial charge in [0.15, 0.2) is 5.75 Å². The third-order valence-corrected chi connectivity index (χ3v) is 7.13. The smallest absolute Gasteiger partial charge is 0.191 e. The van der Waals surface area contributed by atoms with Crippen molar-refractivity contribution in [1.82, 2.24) is 4.48 Å². The van der Waals surface area contributed by atoms with Crippen LogP contribution in [0.2, 0.25) is 0 Å². The lowest BCUT2D eigenvalue weighted by Crippen LogP contribution is -3.17. The molecule has 1 aliphatic heterocycles. The second-order valence-electron chi connectivity index (χ2n) is 10.3. The third-order valence-electron chi connectivity index (χ3n) is 7.13. The molecule has 32 heavy (non-hydrogen) atoms. The van der Waals surface area contributed by atoms with Gasteiger partial charge in [-0.05, 0) is 77.6 Å². The van der Waals surface area contributed by atoms with E-state index in [2.05, 4.69) is 57.2 Å². The number of piperidine rings is 1. The number of hydroxylamine groups is 2. The molecule has 5 heteroatoms. The van der Waals surface area contributed by atoms with Crippen LogP contribution in [0.1, 0.15) is 73.6 Å². The maximum Gasteiger partial charge on any atom is 0.191 e. The van der Waals surface area contributed by atoms with Crippen LogP contribution in [0, 0.1) is 5.21 Å². The molecule has 0 radical (unpaired) electrons. The molecule has 1 saturated heterocycles. The van der Waals surface area contributed by atoms with E-state index in [0.29, 0.717) is 5.75 Å². The van der Waals surface area contributed by atoms with E-state index in [9.17, 15) is 5.21 Å². The molecule has 2 aromatic rings. The number of hydrogen-bond acceptors (Lipinski definition) is 3. The first-order valence-electron chi connectivity index (χ1n) is 12.1. The summed E-state index contributed by atoms with van der Waals surface area (Å²) in [5, 5.41) is 12.3. The van der Waals surface area contributed by atoms with E-state index in [1.807, 2.05) is 32.9 Å². The number of quaternary nitrogens is 2. The predicted molar refractivity (Wildman–Crippen MR) is 132 cm³/mol. The summed E-state index contributed by atoms with van der Waals surface area (Å²) < 4.78 is 6.99. The monoisotopic (exact) mass is 441 g/mol. The van der Waals surface area contributed by atoms with Crippen molar-refractivity contribution in [3.8, 4) is 11.5 Å². The molecule has 3 rings (SSSR count). The van der Waals surface area contributed by atoms with Gasteiger partial charge in [0.1, 0.15) is 28.3 Å². The van der Waals surface area contributed by atoms with Crippen LogP contribution in [0.15, 0.2) is 48.5 Å². The Labute approximate surface area is 194 Å². The Kier molecular flexibility index (Phi) is 7.53. The molecule has 2 aromatic carbocycles. The molecule has 176 valence electrons. The standard InChI is InChI=1S/C27H41N2O3/c1-7-26(3,4)28(30)32-25-18-14-23(15-19-25)29(20-10-9-11-21-29)22-12-16-24(17-13-22)31-27(5,6)8-2/h12-19,28H,7-11,20-21H2,1-6H3/q+1. The lowest BCUT2D eigenvalue weighted by Gasteiger charge is -2.41. The van der Waals surface area contributed by atoms with Gasteiger partial charge < -0.3 is 14.8 Å². The van der Waals surface area contributed by atoms with Crippen LogP contribution in [0.25, 0.3) is 0 Å². The van der Waals surface area contributed by atoms with Crippen molar-refractivity contribution in [2.75, 3.05) is 13.1 Å². The molecule has 5 nitrogen and oxygen atoms in total. The Hall–Kier alpha value is -2.08. The van der Waals surface area contributed by atoms with Crippen molar-refractivity contribution in [2.24, 2.45) is 0 Å². The summed E-state index contributed by atoms with van der Waals surface area (Å²) in [7, 11) is 0. The molecule has 0 spiro atoms. The van der Waals surface area contributed by atoms with E-state index < -0.39 is 5.54 Å². The van der Waals surface area contributed by atoms with E-state index in [1.165, 1.54) is 30.6 Å². The number of benzene rings is 2. The molecule has 1 aliphatic rings. The molecule has 1 fully saturated rings. The van der Waals surface area contributed by atoms with E-state index in [1.54, 1.807) is 0 Å². The number of ether oxygens (including phenoxy) is 1. The summed E-state index contributed by atoms with van der Waals surface area (Å²) in [5.41, 5.74) is 1.87. The van der Waals surface area contributed by atoms with Gasteiger partial charge in [-0.25, -0.2) is 0 Å². The van der Waals surface area contributed by atoms with Crippen LogP contribution in [0.3, 0.4) is 0 Å². The van der Waals surface area contributed by atoms with Crippen molar-refractivity contribution >= 4 is 11.4 Å². The summed E-state index contributed by atoms with van der Waals surface area (Å²) >= 11 is 0. The topological polar surface area (TPSA) is 46.0 Å². The van der Waals surface area contributed by atoms with Crippen molar-refractivity contribution < 1.29 is 14.8 Å². The van der Waals surface area contributed by atoms with Gasteiger partial charge in [0.2, 0.25) is 0 Å². The van der Waals surface area contributed by atoms with E-state index in [-0.39, 0.29) is 10.8 Å². The molecule has 1 atom stereocenters. The molecule has 0 bridgehead atoms. The van der Waals surface area contributed by atoms with Crippen LogP contribution < -0.4 is 19.3 Å². The van der Waals surface area contributed by atoms with Crippen LogP contribution in [0.4, 0.5) is 11.4 Å². The molecule has 0 amide bonds. The van der Waals surface area contributed by atoms with Crippen LogP contribution >= 0.6 is 0 Å². The number of nitrogens with one attached hydrogen (secondary N) is 1. The third kappa shape index (κ3) is 5.45. The van der Waals surface area contributed by atoms with Gasteiger partial charge in [-0.1, -0.05) is 13.8 Å². The maximum absolute atomic E-state index is 12.5. The summed E-state index contributed by atoms with van der Waals surface area (Å²) in [4.78, 5) is 5.66. The van der Waals surface area contributed by atoms with Crippen molar-refractivity contribution in [3.05, 3.63) is 53.7 Å². The largest absolute Gasteiger partial charge is 0.590 e. The Morgan fingerprint density at radius 3 is 1.75 bits per heavy atom. The summed E-state index contributed by atoms with van der Waals surface area (Å²) in [6.07, 6.45) is 5.37. The fourth-order valence-corrected chi connectivity index (χ4v) is 4.10. The fraction of sp³-hybridized carbons (Fsp3) is 0.556. The zero-order valence-electron chi connectivity index (χ0n) is 20.7. The minimum absolute atomic E-state index is 0.168. The van der Waals surface area contributed by atoms with Crippen LogP contribution in [0.5, 0.6) is 11.5 Å². The summed E-state index contributed by atoms with van der Waals surface area (Å²) in [6, 6.07) is 16.8. The minimum Gasteiger partial charge on any atom is -0.590 e. The average Bonchev–Trinajstić information content (AvgIpc) is 2.80. The highest BCUT2D eigenvalue weighted by atomic mass is 16.9. The first kappa shape index (κ1) is 24.6. The molecule has 1 heterocycles. The maximum atomic E-state index is 12.5. The van der Waals surface area contributed by atoms with Crippen molar-refractivity contribution in [2.45, 2.75) is 84.8 Å². The average molecular weight is 442 g/mol. The van der Waals surface area contributed by atoms with Gasteiger partial charge in [-0.15, -0.1) is 0 Å².